The maximum Gasteiger partial charge on any atom is 0.261 e. The molecule has 5 rings (SSSR count). The smallest absolute Gasteiger partial charge is 0.261 e. The molecule has 9 nitrogen and oxygen atoms in total. The van der Waals surface area contributed by atoms with Gasteiger partial charge in [0.1, 0.15) is 5.75 Å². The summed E-state index contributed by atoms with van der Waals surface area (Å²) in [7, 11) is -2.33. The second-order valence-electron chi connectivity index (χ2n) is 7.01. The molecule has 0 radical (unpaired) electrons. The van der Waals surface area contributed by atoms with Crippen molar-refractivity contribution in [3.63, 3.8) is 0 Å². The Kier molecular flexibility index (Phi) is 5.27. The number of amides is 1. The summed E-state index contributed by atoms with van der Waals surface area (Å²) in [5, 5.41) is 3.16. The number of aromatic nitrogens is 1. The minimum absolute atomic E-state index is 0.0764. The van der Waals surface area contributed by atoms with Crippen LogP contribution in [-0.2, 0) is 10.0 Å². The lowest BCUT2D eigenvalue weighted by Gasteiger charge is -2.10. The third kappa shape index (κ3) is 4.28. The van der Waals surface area contributed by atoms with E-state index in [0.29, 0.717) is 27.9 Å². The highest BCUT2D eigenvalue weighted by atomic mass is 32.2. The second-order valence-corrected chi connectivity index (χ2v) is 9.72. The molecule has 0 saturated carbocycles. The van der Waals surface area contributed by atoms with Crippen molar-refractivity contribution in [1.82, 2.24) is 4.98 Å². The van der Waals surface area contributed by atoms with Crippen LogP contribution in [0.25, 0.3) is 10.2 Å². The first-order chi connectivity index (χ1) is 15.9. The van der Waals surface area contributed by atoms with Crippen molar-refractivity contribution in [2.75, 3.05) is 23.9 Å². The molecule has 0 aliphatic carbocycles. The Morgan fingerprint density at radius 2 is 1.82 bits per heavy atom. The molecular weight excluding hydrogens is 466 g/mol. The molecule has 1 aromatic heterocycles. The van der Waals surface area contributed by atoms with E-state index in [2.05, 4.69) is 15.0 Å². The number of fused-ring (bicyclic) bond motifs is 2. The van der Waals surface area contributed by atoms with E-state index in [1.54, 1.807) is 36.4 Å². The van der Waals surface area contributed by atoms with Gasteiger partial charge in [-0.3, -0.25) is 14.8 Å². The zero-order valence-electron chi connectivity index (χ0n) is 17.2. The molecule has 1 aliphatic rings. The monoisotopic (exact) mass is 483 g/mol. The first-order valence-corrected chi connectivity index (χ1v) is 12.0. The summed E-state index contributed by atoms with van der Waals surface area (Å²) in [6.07, 6.45) is 0. The van der Waals surface area contributed by atoms with E-state index < -0.39 is 15.9 Å². The highest BCUT2D eigenvalue weighted by molar-refractivity contribution is 7.92. The van der Waals surface area contributed by atoms with Gasteiger partial charge < -0.3 is 14.2 Å². The molecule has 2 heterocycles. The van der Waals surface area contributed by atoms with Crippen LogP contribution < -0.4 is 24.2 Å². The minimum Gasteiger partial charge on any atom is -0.497 e. The number of sulfonamides is 1. The van der Waals surface area contributed by atoms with E-state index >= 15 is 0 Å². The number of hydrogen-bond acceptors (Lipinski definition) is 8. The first kappa shape index (κ1) is 21.0. The molecule has 0 bridgehead atoms. The first-order valence-electron chi connectivity index (χ1n) is 9.70. The van der Waals surface area contributed by atoms with Gasteiger partial charge in [0.25, 0.3) is 15.9 Å². The SMILES string of the molecule is COc1ccc(S(=O)(=O)Nc2cccc(C(=O)Nc3nc4cc5c(cc4s3)OCO5)c2)cc1. The van der Waals surface area contributed by atoms with Crippen LogP contribution in [-0.4, -0.2) is 33.2 Å². The zero-order chi connectivity index (χ0) is 23.0. The summed E-state index contributed by atoms with van der Waals surface area (Å²) < 4.78 is 44.5. The summed E-state index contributed by atoms with van der Waals surface area (Å²) >= 11 is 1.30. The van der Waals surface area contributed by atoms with E-state index in [4.69, 9.17) is 14.2 Å². The highest BCUT2D eigenvalue weighted by Gasteiger charge is 2.18. The lowest BCUT2D eigenvalue weighted by molar-refractivity contribution is 0.102. The van der Waals surface area contributed by atoms with Crippen LogP contribution in [0.3, 0.4) is 0 Å². The van der Waals surface area contributed by atoms with Gasteiger partial charge in [-0.1, -0.05) is 17.4 Å². The second kappa shape index (κ2) is 8.26. The van der Waals surface area contributed by atoms with E-state index in [9.17, 15) is 13.2 Å². The standard InChI is InChI=1S/C22H17N3O6S2/c1-29-15-5-7-16(8-6-15)33(27,28)25-14-4-2-3-13(9-14)21(26)24-22-23-17-10-18-19(31-12-30-18)11-20(17)32-22/h2-11,25H,12H2,1H3,(H,23,24,26). The van der Waals surface area contributed by atoms with E-state index in [1.807, 2.05) is 6.07 Å². The molecule has 1 amide bonds. The Hall–Kier alpha value is -3.83. The van der Waals surface area contributed by atoms with Gasteiger partial charge in [-0.25, -0.2) is 13.4 Å². The quantitative estimate of drug-likeness (QED) is 0.424. The summed E-state index contributed by atoms with van der Waals surface area (Å²) in [5.41, 5.74) is 1.22. The Labute approximate surface area is 193 Å². The van der Waals surface area contributed by atoms with Crippen molar-refractivity contribution in [1.29, 1.82) is 0 Å². The molecule has 1 aliphatic heterocycles. The van der Waals surface area contributed by atoms with Gasteiger partial charge in [-0.2, -0.15) is 0 Å². The highest BCUT2D eigenvalue weighted by Crippen LogP contribution is 2.39. The number of nitrogens with zero attached hydrogens (tertiary/aromatic N) is 1. The van der Waals surface area contributed by atoms with Crippen LogP contribution in [0.5, 0.6) is 17.2 Å². The Morgan fingerprint density at radius 3 is 2.58 bits per heavy atom. The van der Waals surface area contributed by atoms with Crippen LogP contribution in [0.4, 0.5) is 10.8 Å². The molecule has 4 aromatic rings. The van der Waals surface area contributed by atoms with E-state index in [0.717, 1.165) is 4.70 Å². The fourth-order valence-corrected chi connectivity index (χ4v) is 5.15. The van der Waals surface area contributed by atoms with Crippen molar-refractivity contribution < 1.29 is 27.4 Å². The lowest BCUT2D eigenvalue weighted by Crippen LogP contribution is -2.15. The molecule has 2 N–H and O–H groups in total. The van der Waals surface area contributed by atoms with Crippen molar-refractivity contribution in [3.8, 4) is 17.2 Å². The third-order valence-electron chi connectivity index (χ3n) is 4.85. The number of benzene rings is 3. The maximum absolute atomic E-state index is 12.8. The van der Waals surface area contributed by atoms with Gasteiger partial charge in [-0.05, 0) is 42.5 Å². The third-order valence-corrected chi connectivity index (χ3v) is 7.18. The molecule has 0 unspecified atom stereocenters. The van der Waals surface area contributed by atoms with Crippen LogP contribution >= 0.6 is 11.3 Å². The number of carbonyl (C=O) groups is 1. The molecule has 33 heavy (non-hydrogen) atoms. The van der Waals surface area contributed by atoms with Gasteiger partial charge in [0, 0.05) is 23.4 Å². The number of nitrogens with one attached hydrogen (secondary N) is 2. The van der Waals surface area contributed by atoms with Crippen molar-refractivity contribution >= 4 is 48.3 Å². The Morgan fingerprint density at radius 1 is 1.06 bits per heavy atom. The number of methoxy groups -OCH3 is 1. The number of rotatable bonds is 6. The van der Waals surface area contributed by atoms with Crippen LogP contribution in [0.2, 0.25) is 0 Å². The molecule has 0 atom stereocenters. The summed E-state index contributed by atoms with van der Waals surface area (Å²) in [5.74, 6) is 1.38. The summed E-state index contributed by atoms with van der Waals surface area (Å²) in [6, 6.07) is 15.8. The van der Waals surface area contributed by atoms with Gasteiger partial charge in [0.15, 0.2) is 16.6 Å². The van der Waals surface area contributed by atoms with Gasteiger partial charge >= 0.3 is 0 Å². The fourth-order valence-electron chi connectivity index (χ4n) is 3.23. The number of anilines is 2. The number of carbonyl (C=O) groups excluding carboxylic acids is 1. The summed E-state index contributed by atoms with van der Waals surface area (Å²) in [6.45, 7) is 0.175. The molecule has 11 heteroatoms. The topological polar surface area (TPSA) is 116 Å². The van der Waals surface area contributed by atoms with Crippen molar-refractivity contribution in [2.24, 2.45) is 0 Å². The molecule has 0 spiro atoms. The van der Waals surface area contributed by atoms with Crippen molar-refractivity contribution in [2.45, 2.75) is 4.90 Å². The largest absolute Gasteiger partial charge is 0.497 e. The minimum atomic E-state index is -3.83. The predicted molar refractivity (Wildman–Crippen MR) is 124 cm³/mol. The van der Waals surface area contributed by atoms with Gasteiger partial charge in [0.05, 0.1) is 22.2 Å². The molecule has 3 aromatic carbocycles. The van der Waals surface area contributed by atoms with Crippen LogP contribution in [0.15, 0.2) is 65.6 Å². The number of ether oxygens (including phenoxy) is 3. The molecule has 168 valence electrons. The normalized spacial score (nSPS) is 12.5. The molecule has 0 saturated heterocycles. The lowest BCUT2D eigenvalue weighted by atomic mass is 10.2. The predicted octanol–water partition coefficient (Wildman–Crippen LogP) is 4.09. The average Bonchev–Trinajstić information content (AvgIpc) is 3.42. The maximum atomic E-state index is 12.8. The molecular formula is C22H17N3O6S2. The van der Waals surface area contributed by atoms with E-state index in [-0.39, 0.29) is 22.9 Å². The summed E-state index contributed by atoms with van der Waals surface area (Å²) in [4.78, 5) is 17.3. The number of thiazole rings is 1. The number of hydrogen-bond donors (Lipinski definition) is 2. The average molecular weight is 484 g/mol. The van der Waals surface area contributed by atoms with Crippen LogP contribution in [0.1, 0.15) is 10.4 Å². The van der Waals surface area contributed by atoms with Gasteiger partial charge in [-0.15, -0.1) is 0 Å². The zero-order valence-corrected chi connectivity index (χ0v) is 18.8. The van der Waals surface area contributed by atoms with Crippen molar-refractivity contribution in [3.05, 3.63) is 66.2 Å². The van der Waals surface area contributed by atoms with Gasteiger partial charge in [0.2, 0.25) is 6.79 Å². The molecule has 0 fully saturated rings. The van der Waals surface area contributed by atoms with E-state index in [1.165, 1.54) is 36.6 Å². The fraction of sp³-hybridized carbons (Fsp3) is 0.0909. The Balaban J connectivity index is 1.33. The van der Waals surface area contributed by atoms with Crippen LogP contribution in [0, 0.1) is 0 Å². The Bertz CT molecular complexity index is 1420.